The summed E-state index contributed by atoms with van der Waals surface area (Å²) in [5.74, 6) is 2.93. The Hall–Kier alpha value is -3.28. The monoisotopic (exact) mass is 362 g/mol. The quantitative estimate of drug-likeness (QED) is 0.720. The molecule has 0 amide bonds. The molecule has 2 heterocycles. The van der Waals surface area contributed by atoms with Gasteiger partial charge in [-0.2, -0.15) is 4.98 Å². The van der Waals surface area contributed by atoms with E-state index in [9.17, 15) is 0 Å². The number of anilines is 3. The Morgan fingerprint density at radius 2 is 1.89 bits per heavy atom. The lowest BCUT2D eigenvalue weighted by Crippen LogP contribution is -2.16. The van der Waals surface area contributed by atoms with Crippen molar-refractivity contribution >= 4 is 17.5 Å². The van der Waals surface area contributed by atoms with Gasteiger partial charge in [0.1, 0.15) is 5.82 Å². The molecule has 1 aliphatic rings. The molecule has 1 N–H and O–H groups in total. The summed E-state index contributed by atoms with van der Waals surface area (Å²) >= 11 is 0. The second kappa shape index (κ2) is 7.53. The molecule has 0 unspecified atom stereocenters. The van der Waals surface area contributed by atoms with E-state index in [0.717, 1.165) is 24.3 Å². The third-order valence-electron chi connectivity index (χ3n) is 4.70. The molecule has 6 heteroatoms. The number of methoxy groups -OCH3 is 2. The topological polar surface area (TPSA) is 59.5 Å². The molecule has 0 spiro atoms. The Balaban J connectivity index is 1.49. The van der Waals surface area contributed by atoms with E-state index < -0.39 is 0 Å². The van der Waals surface area contributed by atoms with Gasteiger partial charge in [0.05, 0.1) is 14.2 Å². The SMILES string of the molecule is COc1ccc(CNc2nccc(N3CCc4ccccc43)n2)cc1OC. The molecule has 2 aromatic carbocycles. The molecule has 0 atom stereocenters. The maximum absolute atomic E-state index is 5.36. The third-order valence-corrected chi connectivity index (χ3v) is 4.70. The number of para-hydroxylation sites is 1. The van der Waals surface area contributed by atoms with Crippen LogP contribution in [0, 0.1) is 0 Å². The molecule has 0 aliphatic carbocycles. The zero-order valence-corrected chi connectivity index (χ0v) is 15.5. The highest BCUT2D eigenvalue weighted by Gasteiger charge is 2.21. The summed E-state index contributed by atoms with van der Waals surface area (Å²) in [5.41, 5.74) is 3.64. The fourth-order valence-corrected chi connectivity index (χ4v) is 3.33. The average molecular weight is 362 g/mol. The molecular formula is C21H22N4O2. The minimum absolute atomic E-state index is 0.598. The summed E-state index contributed by atoms with van der Waals surface area (Å²) in [4.78, 5) is 11.3. The van der Waals surface area contributed by atoms with Crippen LogP contribution in [0.4, 0.5) is 17.5 Å². The molecule has 3 aromatic rings. The molecule has 1 aromatic heterocycles. The summed E-state index contributed by atoms with van der Waals surface area (Å²) < 4.78 is 10.6. The van der Waals surface area contributed by atoms with E-state index in [1.165, 1.54) is 11.3 Å². The van der Waals surface area contributed by atoms with Gasteiger partial charge >= 0.3 is 0 Å². The standard InChI is InChI=1S/C21H22N4O2/c1-26-18-8-7-15(13-19(18)27-2)14-23-21-22-11-9-20(24-21)25-12-10-16-5-3-4-6-17(16)25/h3-9,11,13H,10,12,14H2,1-2H3,(H,22,23,24). The van der Waals surface area contributed by atoms with Gasteiger partial charge in [-0.3, -0.25) is 0 Å². The normalized spacial score (nSPS) is 12.6. The van der Waals surface area contributed by atoms with Crippen molar-refractivity contribution in [1.82, 2.24) is 9.97 Å². The van der Waals surface area contributed by atoms with Gasteiger partial charge < -0.3 is 19.7 Å². The predicted molar refractivity (Wildman–Crippen MR) is 106 cm³/mol. The minimum Gasteiger partial charge on any atom is -0.493 e. The maximum Gasteiger partial charge on any atom is 0.224 e. The van der Waals surface area contributed by atoms with Crippen molar-refractivity contribution in [1.29, 1.82) is 0 Å². The number of rotatable bonds is 6. The lowest BCUT2D eigenvalue weighted by atomic mass is 10.2. The van der Waals surface area contributed by atoms with Crippen molar-refractivity contribution in [3.8, 4) is 11.5 Å². The zero-order valence-electron chi connectivity index (χ0n) is 15.5. The number of fused-ring (bicyclic) bond motifs is 1. The van der Waals surface area contributed by atoms with Crippen molar-refractivity contribution < 1.29 is 9.47 Å². The molecule has 0 bridgehead atoms. The molecule has 0 fully saturated rings. The van der Waals surface area contributed by atoms with Crippen LogP contribution in [-0.4, -0.2) is 30.7 Å². The fourth-order valence-electron chi connectivity index (χ4n) is 3.33. The van der Waals surface area contributed by atoms with E-state index in [0.29, 0.717) is 24.0 Å². The van der Waals surface area contributed by atoms with Crippen LogP contribution in [0.25, 0.3) is 0 Å². The second-order valence-electron chi connectivity index (χ2n) is 6.31. The molecular weight excluding hydrogens is 340 g/mol. The Bertz CT molecular complexity index is 945. The van der Waals surface area contributed by atoms with Gasteiger partial charge in [0.15, 0.2) is 11.5 Å². The van der Waals surface area contributed by atoms with Gasteiger partial charge in [-0.15, -0.1) is 0 Å². The van der Waals surface area contributed by atoms with E-state index in [-0.39, 0.29) is 0 Å². The van der Waals surface area contributed by atoms with Crippen LogP contribution in [0.3, 0.4) is 0 Å². The number of ether oxygens (including phenoxy) is 2. The summed E-state index contributed by atoms with van der Waals surface area (Å²) in [7, 11) is 3.27. The number of benzene rings is 2. The smallest absolute Gasteiger partial charge is 0.224 e. The molecule has 138 valence electrons. The fraction of sp³-hybridized carbons (Fsp3) is 0.238. The molecule has 0 saturated heterocycles. The van der Waals surface area contributed by atoms with Gasteiger partial charge in [0.25, 0.3) is 0 Å². The van der Waals surface area contributed by atoms with E-state index in [1.807, 2.05) is 24.3 Å². The molecule has 0 saturated carbocycles. The summed E-state index contributed by atoms with van der Waals surface area (Å²) in [6, 6.07) is 16.3. The number of hydrogen-bond donors (Lipinski definition) is 1. The van der Waals surface area contributed by atoms with Crippen LogP contribution in [-0.2, 0) is 13.0 Å². The highest BCUT2D eigenvalue weighted by molar-refractivity contribution is 5.67. The number of aromatic nitrogens is 2. The van der Waals surface area contributed by atoms with Crippen molar-refractivity contribution in [2.24, 2.45) is 0 Å². The summed E-state index contributed by atoms with van der Waals surface area (Å²) in [5, 5.41) is 3.29. The van der Waals surface area contributed by atoms with E-state index in [2.05, 4.69) is 39.5 Å². The van der Waals surface area contributed by atoms with Gasteiger partial charge in [-0.1, -0.05) is 24.3 Å². The molecule has 27 heavy (non-hydrogen) atoms. The van der Waals surface area contributed by atoms with Crippen LogP contribution in [0.5, 0.6) is 11.5 Å². The van der Waals surface area contributed by atoms with Crippen molar-refractivity contribution in [3.63, 3.8) is 0 Å². The summed E-state index contributed by atoms with van der Waals surface area (Å²) in [6.07, 6.45) is 2.83. The average Bonchev–Trinajstić information content (AvgIpc) is 3.16. The first-order valence-corrected chi connectivity index (χ1v) is 8.92. The van der Waals surface area contributed by atoms with E-state index in [4.69, 9.17) is 14.5 Å². The van der Waals surface area contributed by atoms with Gasteiger partial charge in [0.2, 0.25) is 5.95 Å². The van der Waals surface area contributed by atoms with Gasteiger partial charge in [-0.05, 0) is 41.8 Å². The van der Waals surface area contributed by atoms with E-state index in [1.54, 1.807) is 20.4 Å². The number of nitrogens with zero attached hydrogens (tertiary/aromatic N) is 3. The molecule has 4 rings (SSSR count). The zero-order chi connectivity index (χ0) is 18.6. The van der Waals surface area contributed by atoms with Crippen LogP contribution >= 0.6 is 0 Å². The summed E-state index contributed by atoms with van der Waals surface area (Å²) in [6.45, 7) is 1.53. The highest BCUT2D eigenvalue weighted by Crippen LogP contribution is 2.33. The van der Waals surface area contributed by atoms with Gasteiger partial charge in [-0.25, -0.2) is 4.98 Å². The Kier molecular flexibility index (Phi) is 4.78. The minimum atomic E-state index is 0.598. The molecule has 0 radical (unpaired) electrons. The molecule has 6 nitrogen and oxygen atoms in total. The first-order chi connectivity index (χ1) is 13.3. The lowest BCUT2D eigenvalue weighted by Gasteiger charge is -2.18. The lowest BCUT2D eigenvalue weighted by molar-refractivity contribution is 0.354. The predicted octanol–water partition coefficient (Wildman–Crippen LogP) is 3.80. The number of hydrogen-bond acceptors (Lipinski definition) is 6. The molecule has 1 aliphatic heterocycles. The van der Waals surface area contributed by atoms with Gasteiger partial charge in [0, 0.05) is 25.0 Å². The van der Waals surface area contributed by atoms with Crippen LogP contribution < -0.4 is 19.7 Å². The van der Waals surface area contributed by atoms with Crippen LogP contribution in [0.15, 0.2) is 54.7 Å². The highest BCUT2D eigenvalue weighted by atomic mass is 16.5. The Labute approximate surface area is 158 Å². The second-order valence-corrected chi connectivity index (χ2v) is 6.31. The Morgan fingerprint density at radius 3 is 2.74 bits per heavy atom. The van der Waals surface area contributed by atoms with Crippen molar-refractivity contribution in [3.05, 3.63) is 65.9 Å². The largest absolute Gasteiger partial charge is 0.493 e. The van der Waals surface area contributed by atoms with Crippen molar-refractivity contribution in [2.45, 2.75) is 13.0 Å². The first-order valence-electron chi connectivity index (χ1n) is 8.92. The third kappa shape index (κ3) is 3.51. The van der Waals surface area contributed by atoms with Crippen LogP contribution in [0.2, 0.25) is 0 Å². The first kappa shape index (κ1) is 17.1. The number of nitrogens with one attached hydrogen (secondary N) is 1. The van der Waals surface area contributed by atoms with Crippen LogP contribution in [0.1, 0.15) is 11.1 Å². The van der Waals surface area contributed by atoms with E-state index >= 15 is 0 Å². The Morgan fingerprint density at radius 1 is 1.04 bits per heavy atom. The van der Waals surface area contributed by atoms with Crippen molar-refractivity contribution in [2.75, 3.05) is 31.0 Å². The maximum atomic E-state index is 5.36.